The van der Waals surface area contributed by atoms with E-state index in [4.69, 9.17) is 4.74 Å². The van der Waals surface area contributed by atoms with E-state index in [1.807, 2.05) is 11.0 Å². The second-order valence-electron chi connectivity index (χ2n) is 7.99. The lowest BCUT2D eigenvalue weighted by atomic mass is 9.98. The number of rotatable bonds is 8. The highest BCUT2D eigenvalue weighted by Crippen LogP contribution is 2.38. The zero-order valence-corrected chi connectivity index (χ0v) is 21.0. The molecule has 1 atom stereocenters. The van der Waals surface area contributed by atoms with Gasteiger partial charge in [0, 0.05) is 65.4 Å². The third kappa shape index (κ3) is 6.55. The molecule has 0 bridgehead atoms. The monoisotopic (exact) mass is 543 g/mol. The number of anilines is 1. The number of halogens is 1. The number of methoxy groups -OCH3 is 1. The molecule has 9 heteroatoms. The van der Waals surface area contributed by atoms with Crippen molar-refractivity contribution in [3.8, 4) is 0 Å². The van der Waals surface area contributed by atoms with E-state index in [0.29, 0.717) is 31.4 Å². The number of carbonyl (C=O) groups excluding carboxylic acids is 2. The first-order valence-corrected chi connectivity index (χ1v) is 10.6. The number of ether oxygens (including phenoxy) is 1. The summed E-state index contributed by atoms with van der Waals surface area (Å²) in [6.45, 7) is 3.68. The zero-order chi connectivity index (χ0) is 21.5. The van der Waals surface area contributed by atoms with E-state index in [2.05, 4.69) is 33.4 Å². The first-order chi connectivity index (χ1) is 14.5. The highest BCUT2D eigenvalue weighted by Gasteiger charge is 2.32. The molecule has 1 unspecified atom stereocenters. The first-order valence-electron chi connectivity index (χ1n) is 10.6. The number of hydrogen-bond donors (Lipinski definition) is 1. The molecule has 1 saturated heterocycles. The topological polar surface area (TPSA) is 77.5 Å². The molecule has 8 nitrogen and oxygen atoms in total. The summed E-state index contributed by atoms with van der Waals surface area (Å²) in [5.74, 6) is 1.23. The molecule has 0 aromatic heterocycles. The summed E-state index contributed by atoms with van der Waals surface area (Å²) in [4.78, 5) is 34.4. The minimum atomic E-state index is -0.0439. The second kappa shape index (κ2) is 12.2. The number of fused-ring (bicyclic) bond motifs is 1. The first kappa shape index (κ1) is 25.4. The minimum Gasteiger partial charge on any atom is -0.383 e. The van der Waals surface area contributed by atoms with E-state index in [1.54, 1.807) is 26.1 Å². The van der Waals surface area contributed by atoms with Crippen LogP contribution in [-0.4, -0.2) is 88.1 Å². The smallest absolute Gasteiger partial charge is 0.243 e. The molecule has 172 valence electrons. The van der Waals surface area contributed by atoms with Gasteiger partial charge in [0.1, 0.15) is 6.54 Å². The molecular formula is C22H34IN5O3. The number of nitrogens with zero attached hydrogens (tertiary/aromatic N) is 4. The van der Waals surface area contributed by atoms with Gasteiger partial charge in [-0.05, 0) is 24.5 Å². The molecule has 2 aliphatic heterocycles. The Labute approximate surface area is 202 Å². The maximum Gasteiger partial charge on any atom is 0.243 e. The lowest BCUT2D eigenvalue weighted by molar-refractivity contribution is -0.128. The third-order valence-electron chi connectivity index (χ3n) is 5.70. The van der Waals surface area contributed by atoms with Crippen LogP contribution in [0.25, 0.3) is 0 Å². The fraction of sp³-hybridized carbons (Fsp3) is 0.591. The summed E-state index contributed by atoms with van der Waals surface area (Å²) in [6.07, 6.45) is 2.56. The van der Waals surface area contributed by atoms with Gasteiger partial charge in [0.05, 0.1) is 6.61 Å². The number of benzene rings is 1. The van der Waals surface area contributed by atoms with Crippen molar-refractivity contribution in [2.45, 2.75) is 25.2 Å². The Hall–Kier alpha value is -1.88. The van der Waals surface area contributed by atoms with Gasteiger partial charge in [0.15, 0.2) is 5.96 Å². The number of likely N-dealkylation sites (tertiary alicyclic amines) is 1. The molecule has 1 N–H and O–H groups in total. The summed E-state index contributed by atoms with van der Waals surface area (Å²) >= 11 is 0. The molecule has 0 saturated carbocycles. The van der Waals surface area contributed by atoms with Crippen molar-refractivity contribution in [1.29, 1.82) is 0 Å². The van der Waals surface area contributed by atoms with Crippen molar-refractivity contribution in [2.75, 3.05) is 65.4 Å². The van der Waals surface area contributed by atoms with Gasteiger partial charge in [-0.3, -0.25) is 9.59 Å². The Bertz CT molecular complexity index is 786. The molecule has 1 aromatic rings. The van der Waals surface area contributed by atoms with Crippen LogP contribution < -0.4 is 10.2 Å². The van der Waals surface area contributed by atoms with Gasteiger partial charge in [-0.25, -0.2) is 4.99 Å². The fourth-order valence-corrected chi connectivity index (χ4v) is 3.98. The molecule has 0 aliphatic carbocycles. The van der Waals surface area contributed by atoms with E-state index in [1.165, 1.54) is 5.56 Å². The molecule has 1 fully saturated rings. The summed E-state index contributed by atoms with van der Waals surface area (Å²) in [5.41, 5.74) is 2.38. The normalized spacial score (nSPS) is 18.1. The Balaban J connectivity index is 0.00000341. The molecule has 1 aromatic carbocycles. The van der Waals surface area contributed by atoms with Crippen LogP contribution in [0.15, 0.2) is 29.3 Å². The number of aliphatic imine (C=N–C) groups is 1. The predicted molar refractivity (Wildman–Crippen MR) is 133 cm³/mol. The van der Waals surface area contributed by atoms with Crippen molar-refractivity contribution < 1.29 is 14.3 Å². The molecule has 0 spiro atoms. The van der Waals surface area contributed by atoms with Crippen molar-refractivity contribution in [3.63, 3.8) is 0 Å². The average molecular weight is 543 g/mol. The Kier molecular flexibility index (Phi) is 10.0. The van der Waals surface area contributed by atoms with Crippen molar-refractivity contribution in [2.24, 2.45) is 4.99 Å². The van der Waals surface area contributed by atoms with Gasteiger partial charge in [0.25, 0.3) is 0 Å². The lowest BCUT2D eigenvalue weighted by Gasteiger charge is -2.24. The highest BCUT2D eigenvalue weighted by atomic mass is 127. The summed E-state index contributed by atoms with van der Waals surface area (Å²) in [7, 11) is 5.13. The van der Waals surface area contributed by atoms with Crippen LogP contribution >= 0.6 is 24.0 Å². The van der Waals surface area contributed by atoms with Crippen molar-refractivity contribution in [1.82, 2.24) is 15.1 Å². The number of likely N-dealkylation sites (N-methyl/N-ethyl adjacent to an activating group) is 1. The largest absolute Gasteiger partial charge is 0.383 e. The van der Waals surface area contributed by atoms with Crippen LogP contribution in [-0.2, 0) is 14.3 Å². The van der Waals surface area contributed by atoms with Crippen LogP contribution in [0.2, 0.25) is 0 Å². The maximum atomic E-state index is 12.1. The van der Waals surface area contributed by atoms with E-state index in [9.17, 15) is 9.59 Å². The highest BCUT2D eigenvalue weighted by molar-refractivity contribution is 14.0. The van der Waals surface area contributed by atoms with Crippen molar-refractivity contribution >= 4 is 47.4 Å². The van der Waals surface area contributed by atoms with E-state index >= 15 is 0 Å². The number of hydrogen-bond acceptors (Lipinski definition) is 4. The quantitative estimate of drug-likeness (QED) is 0.235. The van der Waals surface area contributed by atoms with Gasteiger partial charge < -0.3 is 24.8 Å². The standard InChI is InChI=1S/C22H33N5O3.HI/c1-25(2)21(29)15-24-22(23-11-14-30-3)27-16-17(18-7-4-5-8-19(18)27)10-13-26-12-6-9-20(26)28;/h4-5,7-8,17H,6,9-16H2,1-3H3,(H,23,24);1H. The van der Waals surface area contributed by atoms with E-state index < -0.39 is 0 Å². The number of carbonyl (C=O) groups is 2. The summed E-state index contributed by atoms with van der Waals surface area (Å²) in [5, 5.41) is 3.34. The molecule has 0 radical (unpaired) electrons. The molecule has 2 aliphatic rings. The van der Waals surface area contributed by atoms with Gasteiger partial charge in [-0.1, -0.05) is 18.2 Å². The average Bonchev–Trinajstić information content (AvgIpc) is 3.32. The zero-order valence-electron chi connectivity index (χ0n) is 18.7. The van der Waals surface area contributed by atoms with E-state index in [-0.39, 0.29) is 42.3 Å². The van der Waals surface area contributed by atoms with Crippen molar-refractivity contribution in [3.05, 3.63) is 29.8 Å². The number of nitrogens with one attached hydrogen (secondary N) is 1. The van der Waals surface area contributed by atoms with Crippen LogP contribution in [0.4, 0.5) is 5.69 Å². The number of guanidine groups is 1. The third-order valence-corrected chi connectivity index (χ3v) is 5.70. The lowest BCUT2D eigenvalue weighted by Crippen LogP contribution is -2.43. The van der Waals surface area contributed by atoms with Gasteiger partial charge in [-0.2, -0.15) is 0 Å². The Morgan fingerprint density at radius 3 is 2.77 bits per heavy atom. The molecule has 31 heavy (non-hydrogen) atoms. The number of amides is 2. The van der Waals surface area contributed by atoms with E-state index in [0.717, 1.165) is 38.2 Å². The van der Waals surface area contributed by atoms with Gasteiger partial charge in [-0.15, -0.1) is 24.0 Å². The predicted octanol–water partition coefficient (Wildman–Crippen LogP) is 1.90. The molecule has 3 rings (SSSR count). The van der Waals surface area contributed by atoms with Crippen LogP contribution in [0.5, 0.6) is 0 Å². The molecule has 2 amide bonds. The van der Waals surface area contributed by atoms with Crippen LogP contribution in [0, 0.1) is 0 Å². The molecular weight excluding hydrogens is 509 g/mol. The van der Waals surface area contributed by atoms with Gasteiger partial charge in [0.2, 0.25) is 11.8 Å². The summed E-state index contributed by atoms with van der Waals surface area (Å²) < 4.78 is 5.17. The van der Waals surface area contributed by atoms with Crippen LogP contribution in [0.1, 0.15) is 30.7 Å². The SMILES string of the molecule is COCCNC(=NCC(=O)N(C)C)N1CC(CCN2CCCC2=O)c2ccccc21.I. The Morgan fingerprint density at radius 2 is 2.10 bits per heavy atom. The molecule has 2 heterocycles. The summed E-state index contributed by atoms with van der Waals surface area (Å²) in [6, 6.07) is 8.33. The fourth-order valence-electron chi connectivity index (χ4n) is 3.98. The van der Waals surface area contributed by atoms with Crippen LogP contribution in [0.3, 0.4) is 0 Å². The number of para-hydroxylation sites is 1. The van der Waals surface area contributed by atoms with Gasteiger partial charge >= 0.3 is 0 Å². The maximum absolute atomic E-state index is 12.1. The second-order valence-corrected chi connectivity index (χ2v) is 7.99. The Morgan fingerprint density at radius 1 is 1.32 bits per heavy atom. The minimum absolute atomic E-state index is 0.